The zero-order valence-corrected chi connectivity index (χ0v) is 15.5. The zero-order valence-electron chi connectivity index (χ0n) is 14.8. The Kier molecular flexibility index (Phi) is 6.66. The van der Waals surface area contributed by atoms with Gasteiger partial charge in [-0.2, -0.15) is 5.26 Å². The number of carbonyl (C=O) groups excluding carboxylic acids is 1. The van der Waals surface area contributed by atoms with E-state index in [0.717, 1.165) is 25.2 Å². The smallest absolute Gasteiger partial charge is 0.262 e. The minimum Gasteiger partial charge on any atom is -0.457 e. The van der Waals surface area contributed by atoms with Gasteiger partial charge in [-0.25, -0.2) is 0 Å². The highest BCUT2D eigenvalue weighted by atomic mass is 35.5. The zero-order chi connectivity index (χ0) is 19.1. The van der Waals surface area contributed by atoms with Gasteiger partial charge >= 0.3 is 0 Å². The number of morpholine rings is 1. The van der Waals surface area contributed by atoms with E-state index < -0.39 is 5.91 Å². The SMILES string of the molecule is N#C/C(=C\c1ccc(-c2cccc(Cl)c2)o1)C(=O)NCCN1CCOCC1. The van der Waals surface area contributed by atoms with Crippen LogP contribution >= 0.6 is 11.6 Å². The standard InChI is InChI=1S/C20H20ClN3O3/c21-17-3-1-2-15(12-17)19-5-4-18(27-19)13-16(14-22)20(25)23-6-7-24-8-10-26-11-9-24/h1-5,12-13H,6-11H2,(H,23,25)/b16-13+. The minimum absolute atomic E-state index is 0.00368. The third-order valence-electron chi connectivity index (χ3n) is 4.20. The van der Waals surface area contributed by atoms with Crippen LogP contribution < -0.4 is 5.32 Å². The number of furan rings is 1. The molecule has 1 aromatic heterocycles. The van der Waals surface area contributed by atoms with E-state index in [0.29, 0.717) is 36.3 Å². The van der Waals surface area contributed by atoms with E-state index in [-0.39, 0.29) is 5.57 Å². The van der Waals surface area contributed by atoms with Crippen LogP contribution in [-0.2, 0) is 9.53 Å². The van der Waals surface area contributed by atoms with Gasteiger partial charge in [0, 0.05) is 42.8 Å². The molecule has 3 rings (SSSR count). The van der Waals surface area contributed by atoms with E-state index in [4.69, 9.17) is 20.8 Å². The second-order valence-electron chi connectivity index (χ2n) is 6.09. The van der Waals surface area contributed by atoms with Gasteiger partial charge < -0.3 is 14.5 Å². The molecule has 140 valence electrons. The average molecular weight is 386 g/mol. The molecule has 0 atom stereocenters. The van der Waals surface area contributed by atoms with Crippen LogP contribution in [0.2, 0.25) is 5.02 Å². The van der Waals surface area contributed by atoms with Crippen LogP contribution in [0.15, 0.2) is 46.4 Å². The largest absolute Gasteiger partial charge is 0.457 e. The van der Waals surface area contributed by atoms with Gasteiger partial charge in [-0.1, -0.05) is 23.7 Å². The summed E-state index contributed by atoms with van der Waals surface area (Å²) in [5.74, 6) is 0.644. The topological polar surface area (TPSA) is 78.5 Å². The summed E-state index contributed by atoms with van der Waals surface area (Å²) >= 11 is 5.99. The molecule has 7 heteroatoms. The van der Waals surface area contributed by atoms with Crippen molar-refractivity contribution in [3.63, 3.8) is 0 Å². The quantitative estimate of drug-likeness (QED) is 0.611. The number of nitrogens with one attached hydrogen (secondary N) is 1. The van der Waals surface area contributed by atoms with Crippen LogP contribution in [0.1, 0.15) is 5.76 Å². The highest BCUT2D eigenvalue weighted by Gasteiger charge is 2.13. The third-order valence-corrected chi connectivity index (χ3v) is 4.44. The molecule has 1 aromatic carbocycles. The van der Waals surface area contributed by atoms with Crippen LogP contribution in [-0.4, -0.2) is 50.2 Å². The van der Waals surface area contributed by atoms with Gasteiger partial charge in [0.15, 0.2) is 0 Å². The summed E-state index contributed by atoms with van der Waals surface area (Å²) < 4.78 is 11.0. The molecule has 2 aromatic rings. The van der Waals surface area contributed by atoms with Crippen molar-refractivity contribution in [2.45, 2.75) is 0 Å². The Balaban J connectivity index is 1.60. The molecular formula is C20H20ClN3O3. The van der Waals surface area contributed by atoms with E-state index in [9.17, 15) is 10.1 Å². The normalized spacial score (nSPS) is 15.3. The molecule has 1 aliphatic rings. The molecule has 0 saturated carbocycles. The lowest BCUT2D eigenvalue weighted by molar-refractivity contribution is -0.117. The number of rotatable bonds is 6. The third kappa shape index (κ3) is 5.44. The molecule has 0 bridgehead atoms. The lowest BCUT2D eigenvalue weighted by Gasteiger charge is -2.26. The number of amides is 1. The molecule has 1 N–H and O–H groups in total. The fourth-order valence-corrected chi connectivity index (χ4v) is 2.96. The Hall–Kier alpha value is -2.59. The molecule has 1 amide bonds. The van der Waals surface area contributed by atoms with E-state index in [1.807, 2.05) is 18.2 Å². The van der Waals surface area contributed by atoms with Crippen molar-refractivity contribution in [1.82, 2.24) is 10.2 Å². The van der Waals surface area contributed by atoms with Crippen molar-refractivity contribution in [3.8, 4) is 17.4 Å². The van der Waals surface area contributed by atoms with Crippen molar-refractivity contribution in [2.75, 3.05) is 39.4 Å². The molecule has 2 heterocycles. The molecule has 1 fully saturated rings. The first-order chi connectivity index (χ1) is 13.2. The Labute approximate surface area is 163 Å². The maximum atomic E-state index is 12.2. The number of ether oxygens (including phenoxy) is 1. The summed E-state index contributed by atoms with van der Waals surface area (Å²) in [6.45, 7) is 4.34. The molecule has 0 radical (unpaired) electrons. The van der Waals surface area contributed by atoms with Gasteiger partial charge in [-0.15, -0.1) is 0 Å². The van der Waals surface area contributed by atoms with Gasteiger partial charge in [0.2, 0.25) is 0 Å². The molecular weight excluding hydrogens is 366 g/mol. The predicted octanol–water partition coefficient (Wildman–Crippen LogP) is 2.96. The van der Waals surface area contributed by atoms with Crippen LogP contribution in [0.5, 0.6) is 0 Å². The van der Waals surface area contributed by atoms with Crippen molar-refractivity contribution < 1.29 is 13.9 Å². The molecule has 6 nitrogen and oxygen atoms in total. The lowest BCUT2D eigenvalue weighted by atomic mass is 10.2. The molecule has 0 spiro atoms. The Bertz CT molecular complexity index is 863. The summed E-state index contributed by atoms with van der Waals surface area (Å²) in [5, 5.41) is 12.7. The number of nitrogens with zero attached hydrogens (tertiary/aromatic N) is 2. The molecule has 0 aliphatic carbocycles. The summed E-state index contributed by atoms with van der Waals surface area (Å²) in [5.41, 5.74) is 0.833. The number of hydrogen-bond acceptors (Lipinski definition) is 5. The first-order valence-corrected chi connectivity index (χ1v) is 9.09. The monoisotopic (exact) mass is 385 g/mol. The van der Waals surface area contributed by atoms with Crippen molar-refractivity contribution in [3.05, 3.63) is 52.8 Å². The Morgan fingerprint density at radius 2 is 2.11 bits per heavy atom. The molecule has 1 aliphatic heterocycles. The van der Waals surface area contributed by atoms with Crippen LogP contribution in [0.3, 0.4) is 0 Å². The van der Waals surface area contributed by atoms with Crippen LogP contribution in [0.25, 0.3) is 17.4 Å². The maximum absolute atomic E-state index is 12.2. The Morgan fingerprint density at radius 3 is 2.85 bits per heavy atom. The van der Waals surface area contributed by atoms with Gasteiger partial charge in [-0.05, 0) is 24.3 Å². The first-order valence-electron chi connectivity index (χ1n) is 8.71. The highest BCUT2D eigenvalue weighted by molar-refractivity contribution is 6.30. The second kappa shape index (κ2) is 9.38. The van der Waals surface area contributed by atoms with Crippen molar-refractivity contribution in [1.29, 1.82) is 5.26 Å². The average Bonchev–Trinajstić information content (AvgIpc) is 3.15. The first kappa shape index (κ1) is 19.2. The summed E-state index contributed by atoms with van der Waals surface area (Å²) in [4.78, 5) is 14.4. The number of benzene rings is 1. The second-order valence-corrected chi connectivity index (χ2v) is 6.53. The van der Waals surface area contributed by atoms with Crippen molar-refractivity contribution >= 4 is 23.6 Å². The van der Waals surface area contributed by atoms with Crippen molar-refractivity contribution in [2.24, 2.45) is 0 Å². The number of hydrogen-bond donors (Lipinski definition) is 1. The van der Waals surface area contributed by atoms with Crippen LogP contribution in [0.4, 0.5) is 0 Å². The van der Waals surface area contributed by atoms with Crippen LogP contribution in [0, 0.1) is 11.3 Å². The summed E-state index contributed by atoms with van der Waals surface area (Å²) in [6.07, 6.45) is 1.44. The fourth-order valence-electron chi connectivity index (χ4n) is 2.77. The van der Waals surface area contributed by atoms with E-state index in [1.165, 1.54) is 6.08 Å². The molecule has 27 heavy (non-hydrogen) atoms. The van der Waals surface area contributed by atoms with E-state index in [1.54, 1.807) is 24.3 Å². The van der Waals surface area contributed by atoms with Gasteiger partial charge in [-0.3, -0.25) is 9.69 Å². The highest BCUT2D eigenvalue weighted by Crippen LogP contribution is 2.25. The fraction of sp³-hybridized carbons (Fsp3) is 0.300. The van der Waals surface area contributed by atoms with E-state index >= 15 is 0 Å². The maximum Gasteiger partial charge on any atom is 0.262 e. The number of carbonyl (C=O) groups is 1. The Morgan fingerprint density at radius 1 is 1.30 bits per heavy atom. The molecule has 0 unspecified atom stereocenters. The predicted molar refractivity (Wildman–Crippen MR) is 103 cm³/mol. The lowest BCUT2D eigenvalue weighted by Crippen LogP contribution is -2.41. The van der Waals surface area contributed by atoms with E-state index in [2.05, 4.69) is 10.2 Å². The number of halogens is 1. The number of nitriles is 1. The summed E-state index contributed by atoms with van der Waals surface area (Å²) in [7, 11) is 0. The molecule has 1 saturated heterocycles. The van der Waals surface area contributed by atoms with Gasteiger partial charge in [0.25, 0.3) is 5.91 Å². The summed E-state index contributed by atoms with van der Waals surface area (Å²) in [6, 6.07) is 12.7. The minimum atomic E-state index is -0.411. The van der Waals surface area contributed by atoms with Gasteiger partial charge in [0.1, 0.15) is 23.2 Å². The van der Waals surface area contributed by atoms with Gasteiger partial charge in [0.05, 0.1) is 13.2 Å².